The van der Waals surface area contributed by atoms with Crippen molar-refractivity contribution in [3.63, 3.8) is 0 Å². The third kappa shape index (κ3) is 2.45. The van der Waals surface area contributed by atoms with Crippen molar-refractivity contribution in [1.82, 2.24) is 4.98 Å². The number of aliphatic imine (C=N–C) groups is 1. The van der Waals surface area contributed by atoms with Crippen LogP contribution in [0.1, 0.15) is 17.2 Å². The third-order valence-electron chi connectivity index (χ3n) is 3.52. The third-order valence-corrected chi connectivity index (χ3v) is 3.52. The van der Waals surface area contributed by atoms with Crippen molar-refractivity contribution >= 4 is 17.3 Å². The second-order valence-electron chi connectivity index (χ2n) is 4.98. The minimum atomic E-state index is -0.0447. The molecule has 0 bridgehead atoms. The van der Waals surface area contributed by atoms with Crippen LogP contribution in [0, 0.1) is 6.92 Å². The van der Waals surface area contributed by atoms with E-state index in [9.17, 15) is 0 Å². The monoisotopic (exact) mass is 279 g/mol. The van der Waals surface area contributed by atoms with Gasteiger partial charge in [0, 0.05) is 30.0 Å². The van der Waals surface area contributed by atoms with Crippen LogP contribution in [-0.2, 0) is 0 Å². The Hall–Kier alpha value is -2.82. The summed E-state index contributed by atoms with van der Waals surface area (Å²) >= 11 is 0. The van der Waals surface area contributed by atoms with E-state index in [2.05, 4.69) is 9.98 Å². The summed E-state index contributed by atoms with van der Waals surface area (Å²) in [6.45, 7) is 2.03. The molecule has 1 aromatic heterocycles. The van der Waals surface area contributed by atoms with Crippen molar-refractivity contribution in [2.45, 2.75) is 13.0 Å². The van der Waals surface area contributed by atoms with E-state index >= 15 is 0 Å². The van der Waals surface area contributed by atoms with E-state index in [-0.39, 0.29) is 6.04 Å². The van der Waals surface area contributed by atoms with Gasteiger partial charge in [0.25, 0.3) is 0 Å². The molecule has 2 heterocycles. The Balaban J connectivity index is 2.10. The quantitative estimate of drug-likeness (QED) is 0.827. The predicted molar refractivity (Wildman–Crippen MR) is 85.8 cm³/mol. The number of aromatic nitrogens is 1. The van der Waals surface area contributed by atoms with Crippen molar-refractivity contribution in [1.29, 1.82) is 0 Å². The van der Waals surface area contributed by atoms with Gasteiger partial charge in [-0.25, -0.2) is 4.99 Å². The van der Waals surface area contributed by atoms with Gasteiger partial charge in [-0.05, 0) is 42.3 Å². The van der Waals surface area contributed by atoms with Gasteiger partial charge in [-0.15, -0.1) is 0 Å². The molecule has 0 saturated carbocycles. The number of hydrogen-bond acceptors (Lipinski definition) is 5. The zero-order valence-electron chi connectivity index (χ0n) is 11.8. The summed E-state index contributed by atoms with van der Waals surface area (Å²) in [5, 5.41) is 0. The molecule has 1 atom stereocenters. The molecule has 5 nitrogen and oxygen atoms in total. The van der Waals surface area contributed by atoms with Crippen LogP contribution in [0.3, 0.4) is 0 Å². The van der Waals surface area contributed by atoms with E-state index in [0.717, 1.165) is 16.8 Å². The van der Waals surface area contributed by atoms with Crippen molar-refractivity contribution in [3.05, 3.63) is 66.1 Å². The number of nitrogen functional groups attached to an aromatic ring is 1. The summed E-state index contributed by atoms with van der Waals surface area (Å²) in [4.78, 5) is 10.4. The molecule has 1 aliphatic heterocycles. The lowest BCUT2D eigenvalue weighted by atomic mass is 10.0. The molecule has 1 aromatic carbocycles. The van der Waals surface area contributed by atoms with Gasteiger partial charge in [-0.3, -0.25) is 4.98 Å². The molecule has 3 rings (SSSR count). The fourth-order valence-corrected chi connectivity index (χ4v) is 2.46. The van der Waals surface area contributed by atoms with E-state index in [1.165, 1.54) is 0 Å². The van der Waals surface area contributed by atoms with E-state index in [1.54, 1.807) is 12.4 Å². The molecule has 1 aliphatic rings. The smallest absolute Gasteiger partial charge is 0.201 e. The molecular formula is C16H17N5. The molecular weight excluding hydrogens is 262 g/mol. The molecule has 0 radical (unpaired) electrons. The van der Waals surface area contributed by atoms with Gasteiger partial charge in [0.15, 0.2) is 0 Å². The van der Waals surface area contributed by atoms with Crippen LogP contribution in [0.15, 0.2) is 60.0 Å². The molecule has 1 unspecified atom stereocenters. The molecule has 0 fully saturated rings. The summed E-state index contributed by atoms with van der Waals surface area (Å²) in [6.07, 6.45) is 7.31. The van der Waals surface area contributed by atoms with E-state index in [0.29, 0.717) is 11.6 Å². The Morgan fingerprint density at radius 1 is 1.19 bits per heavy atom. The average Bonchev–Trinajstić information content (AvgIpc) is 2.51. The Morgan fingerprint density at radius 3 is 2.81 bits per heavy atom. The highest BCUT2D eigenvalue weighted by molar-refractivity contribution is 5.98. The van der Waals surface area contributed by atoms with Crippen LogP contribution in [0.25, 0.3) is 0 Å². The number of nitrogens with two attached hydrogens (primary N) is 2. The second kappa shape index (κ2) is 5.28. The first-order valence-corrected chi connectivity index (χ1v) is 6.72. The normalized spacial score (nSPS) is 17.7. The van der Waals surface area contributed by atoms with E-state index < -0.39 is 0 Å². The lowest BCUT2D eigenvalue weighted by Gasteiger charge is -2.33. The molecule has 0 spiro atoms. The lowest BCUT2D eigenvalue weighted by Crippen LogP contribution is -2.41. The van der Waals surface area contributed by atoms with Crippen molar-refractivity contribution in [2.75, 3.05) is 10.6 Å². The maximum atomic E-state index is 6.12. The first-order valence-electron chi connectivity index (χ1n) is 6.72. The van der Waals surface area contributed by atoms with Gasteiger partial charge < -0.3 is 16.4 Å². The highest BCUT2D eigenvalue weighted by Crippen LogP contribution is 2.33. The number of hydrogen-bond donors (Lipinski definition) is 2. The maximum absolute atomic E-state index is 6.12. The number of pyridine rings is 1. The highest BCUT2D eigenvalue weighted by atomic mass is 15.3. The van der Waals surface area contributed by atoms with Gasteiger partial charge >= 0.3 is 0 Å². The molecule has 0 saturated heterocycles. The van der Waals surface area contributed by atoms with Crippen LogP contribution in [0.2, 0.25) is 0 Å². The minimum absolute atomic E-state index is 0.0447. The lowest BCUT2D eigenvalue weighted by molar-refractivity contribution is 0.840. The van der Waals surface area contributed by atoms with Gasteiger partial charge in [0.1, 0.15) is 0 Å². The van der Waals surface area contributed by atoms with Gasteiger partial charge in [0.2, 0.25) is 5.96 Å². The highest BCUT2D eigenvalue weighted by Gasteiger charge is 2.25. The Bertz CT molecular complexity index is 706. The summed E-state index contributed by atoms with van der Waals surface area (Å²) < 4.78 is 0. The van der Waals surface area contributed by atoms with Crippen LogP contribution in [0.5, 0.6) is 0 Å². The summed E-state index contributed by atoms with van der Waals surface area (Å²) in [5.74, 6) is 0.444. The van der Waals surface area contributed by atoms with Crippen LogP contribution in [0.4, 0.5) is 11.4 Å². The van der Waals surface area contributed by atoms with Crippen molar-refractivity contribution in [3.8, 4) is 0 Å². The zero-order chi connectivity index (χ0) is 14.8. The molecule has 21 heavy (non-hydrogen) atoms. The number of aryl methyl sites for hydroxylation is 1. The first kappa shape index (κ1) is 13.2. The largest absolute Gasteiger partial charge is 0.399 e. The number of guanidine groups is 1. The summed E-state index contributed by atoms with van der Waals surface area (Å²) in [6, 6.07) is 9.67. The van der Waals surface area contributed by atoms with Crippen LogP contribution in [-0.4, -0.2) is 10.9 Å². The summed E-state index contributed by atoms with van der Waals surface area (Å²) in [5.41, 5.74) is 15.8. The number of rotatable bonds is 2. The second-order valence-corrected chi connectivity index (χ2v) is 4.98. The molecule has 4 N–H and O–H groups in total. The van der Waals surface area contributed by atoms with Gasteiger partial charge in [0.05, 0.1) is 6.04 Å². The fraction of sp³-hybridized carbons (Fsp3) is 0.125. The number of anilines is 2. The van der Waals surface area contributed by atoms with Gasteiger partial charge in [-0.1, -0.05) is 12.1 Å². The van der Waals surface area contributed by atoms with Gasteiger partial charge in [-0.2, -0.15) is 0 Å². The standard InChI is InChI=1S/C16H17N5/c1-11-4-5-13(17)9-15(11)21-14(6-8-20-16(21)18)12-3-2-7-19-10-12/h2-10,14H,17H2,1H3,(H2,18,20). The van der Waals surface area contributed by atoms with Crippen molar-refractivity contribution in [2.24, 2.45) is 10.7 Å². The van der Waals surface area contributed by atoms with E-state index in [4.69, 9.17) is 11.5 Å². The number of nitrogens with zero attached hydrogens (tertiary/aromatic N) is 3. The number of benzene rings is 1. The Labute approximate surface area is 123 Å². The Kier molecular flexibility index (Phi) is 3.31. The molecule has 106 valence electrons. The topological polar surface area (TPSA) is 80.5 Å². The predicted octanol–water partition coefficient (Wildman–Crippen LogP) is 2.36. The first-order chi connectivity index (χ1) is 10.2. The molecule has 0 amide bonds. The van der Waals surface area contributed by atoms with E-state index in [1.807, 2.05) is 54.4 Å². The van der Waals surface area contributed by atoms with Crippen LogP contribution >= 0.6 is 0 Å². The Morgan fingerprint density at radius 2 is 2.05 bits per heavy atom. The SMILES string of the molecule is Cc1ccc(N)cc1N1C(N)=NC=CC1c1cccnc1. The summed E-state index contributed by atoms with van der Waals surface area (Å²) in [7, 11) is 0. The minimum Gasteiger partial charge on any atom is -0.399 e. The fourth-order valence-electron chi connectivity index (χ4n) is 2.46. The molecule has 0 aliphatic carbocycles. The average molecular weight is 279 g/mol. The van der Waals surface area contributed by atoms with Crippen molar-refractivity contribution < 1.29 is 0 Å². The van der Waals surface area contributed by atoms with Crippen LogP contribution < -0.4 is 16.4 Å². The maximum Gasteiger partial charge on any atom is 0.201 e. The molecule has 5 heteroatoms. The molecule has 2 aromatic rings. The zero-order valence-corrected chi connectivity index (χ0v) is 11.8.